The fraction of sp³-hybridized carbons (Fsp3) is 0.300. The predicted molar refractivity (Wildman–Crippen MR) is 57.1 cm³/mol. The summed E-state index contributed by atoms with van der Waals surface area (Å²) in [6, 6.07) is 6.70. The number of hydrogen-bond acceptors (Lipinski definition) is 1. The van der Waals surface area contributed by atoms with Gasteiger partial charge in [-0.1, -0.05) is 17.7 Å². The first kappa shape index (κ1) is 10.9. The number of rotatable bonds is 2. The quantitative estimate of drug-likeness (QED) is 0.820. The molecule has 0 saturated carbocycles. The van der Waals surface area contributed by atoms with E-state index in [-0.39, 0.29) is 6.04 Å². The van der Waals surface area contributed by atoms with Crippen molar-refractivity contribution in [3.63, 3.8) is 0 Å². The summed E-state index contributed by atoms with van der Waals surface area (Å²) >= 11 is 5.78. The van der Waals surface area contributed by atoms with Crippen LogP contribution in [0.15, 0.2) is 24.3 Å². The zero-order chi connectivity index (χ0) is 10.7. The van der Waals surface area contributed by atoms with Gasteiger partial charge in [0.1, 0.15) is 0 Å². The van der Waals surface area contributed by atoms with E-state index in [0.29, 0.717) is 10.7 Å². The van der Waals surface area contributed by atoms with Gasteiger partial charge in [0.25, 0.3) is 0 Å². The van der Waals surface area contributed by atoms with E-state index in [0.717, 1.165) is 0 Å². The Balaban J connectivity index is 3.05. The van der Waals surface area contributed by atoms with Gasteiger partial charge in [-0.25, -0.2) is 4.79 Å². The predicted octanol–water partition coefficient (Wildman–Crippen LogP) is 3.23. The molecule has 76 valence electrons. The van der Waals surface area contributed by atoms with E-state index in [1.807, 2.05) is 13.8 Å². The molecule has 1 aromatic rings. The smallest absolute Gasteiger partial charge is 0.412 e. The Morgan fingerprint density at radius 2 is 2.14 bits per heavy atom. The van der Waals surface area contributed by atoms with E-state index in [2.05, 4.69) is 0 Å². The zero-order valence-electron chi connectivity index (χ0n) is 8.07. The van der Waals surface area contributed by atoms with E-state index in [9.17, 15) is 4.79 Å². The van der Waals surface area contributed by atoms with Crippen LogP contribution in [0.1, 0.15) is 13.8 Å². The molecule has 0 aliphatic rings. The van der Waals surface area contributed by atoms with Crippen molar-refractivity contribution < 1.29 is 9.90 Å². The highest BCUT2D eigenvalue weighted by Gasteiger charge is 2.17. The van der Waals surface area contributed by atoms with Crippen LogP contribution in [-0.2, 0) is 0 Å². The van der Waals surface area contributed by atoms with Crippen LogP contribution < -0.4 is 4.90 Å². The van der Waals surface area contributed by atoms with Crippen molar-refractivity contribution in [2.75, 3.05) is 4.90 Å². The van der Waals surface area contributed by atoms with E-state index in [1.54, 1.807) is 24.3 Å². The highest BCUT2D eigenvalue weighted by Crippen LogP contribution is 2.21. The second-order valence-corrected chi connectivity index (χ2v) is 3.66. The molecule has 0 atom stereocenters. The molecule has 0 aromatic heterocycles. The minimum absolute atomic E-state index is 0.106. The minimum atomic E-state index is -0.970. The van der Waals surface area contributed by atoms with Gasteiger partial charge in [-0.15, -0.1) is 0 Å². The maximum absolute atomic E-state index is 10.9. The lowest BCUT2D eigenvalue weighted by atomic mass is 10.2. The molecule has 0 heterocycles. The standard InChI is InChI=1S/C10H12ClNO2/c1-7(2)12(10(13)14)9-5-3-4-8(11)6-9/h3-7H,1-2H3,(H,13,14). The molecule has 0 spiro atoms. The summed E-state index contributed by atoms with van der Waals surface area (Å²) in [4.78, 5) is 12.2. The van der Waals surface area contributed by atoms with Crippen LogP contribution in [0.5, 0.6) is 0 Å². The van der Waals surface area contributed by atoms with Crippen molar-refractivity contribution in [1.29, 1.82) is 0 Å². The number of halogens is 1. The first-order valence-electron chi connectivity index (χ1n) is 4.30. The van der Waals surface area contributed by atoms with E-state index in [4.69, 9.17) is 16.7 Å². The average molecular weight is 214 g/mol. The number of carboxylic acid groups (broad SMARTS) is 1. The summed E-state index contributed by atoms with van der Waals surface area (Å²) in [6.45, 7) is 3.63. The molecule has 0 unspecified atom stereocenters. The van der Waals surface area contributed by atoms with Crippen LogP contribution in [0.2, 0.25) is 5.02 Å². The van der Waals surface area contributed by atoms with Gasteiger partial charge in [-0.05, 0) is 32.0 Å². The van der Waals surface area contributed by atoms with Gasteiger partial charge in [-0.2, -0.15) is 0 Å². The van der Waals surface area contributed by atoms with Gasteiger partial charge in [0.15, 0.2) is 0 Å². The molecule has 1 aromatic carbocycles. The largest absolute Gasteiger partial charge is 0.465 e. The third-order valence-corrected chi connectivity index (χ3v) is 2.04. The van der Waals surface area contributed by atoms with Crippen LogP contribution in [0.4, 0.5) is 10.5 Å². The molecule has 0 saturated heterocycles. The SMILES string of the molecule is CC(C)N(C(=O)O)c1cccc(Cl)c1. The molecule has 4 heteroatoms. The van der Waals surface area contributed by atoms with Crippen molar-refractivity contribution in [3.8, 4) is 0 Å². The van der Waals surface area contributed by atoms with Crippen LogP contribution in [0.25, 0.3) is 0 Å². The van der Waals surface area contributed by atoms with Gasteiger partial charge in [0.2, 0.25) is 0 Å². The van der Waals surface area contributed by atoms with Gasteiger partial charge >= 0.3 is 6.09 Å². The summed E-state index contributed by atoms with van der Waals surface area (Å²) in [6.07, 6.45) is -0.970. The molecular weight excluding hydrogens is 202 g/mol. The lowest BCUT2D eigenvalue weighted by molar-refractivity contribution is 0.200. The lowest BCUT2D eigenvalue weighted by Crippen LogP contribution is -2.35. The van der Waals surface area contributed by atoms with Crippen LogP contribution in [0, 0.1) is 0 Å². The highest BCUT2D eigenvalue weighted by atomic mass is 35.5. The molecule has 0 bridgehead atoms. The number of anilines is 1. The average Bonchev–Trinajstić information content (AvgIpc) is 2.02. The number of nitrogens with zero attached hydrogens (tertiary/aromatic N) is 1. The van der Waals surface area contributed by atoms with Crippen molar-refractivity contribution in [2.24, 2.45) is 0 Å². The number of hydrogen-bond donors (Lipinski definition) is 1. The second kappa shape index (κ2) is 4.33. The van der Waals surface area contributed by atoms with Crippen LogP contribution >= 0.6 is 11.6 Å². The topological polar surface area (TPSA) is 40.5 Å². The van der Waals surface area contributed by atoms with Gasteiger partial charge in [0, 0.05) is 16.8 Å². The van der Waals surface area contributed by atoms with E-state index < -0.39 is 6.09 Å². The zero-order valence-corrected chi connectivity index (χ0v) is 8.82. The first-order chi connectivity index (χ1) is 6.52. The Labute approximate surface area is 87.9 Å². The van der Waals surface area contributed by atoms with Crippen LogP contribution in [-0.4, -0.2) is 17.2 Å². The summed E-state index contributed by atoms with van der Waals surface area (Å²) in [5.41, 5.74) is 0.597. The number of carbonyl (C=O) groups is 1. The third kappa shape index (κ3) is 2.39. The lowest BCUT2D eigenvalue weighted by Gasteiger charge is -2.23. The fourth-order valence-corrected chi connectivity index (χ4v) is 1.44. The molecule has 0 aliphatic heterocycles. The fourth-order valence-electron chi connectivity index (χ4n) is 1.26. The highest BCUT2D eigenvalue weighted by molar-refractivity contribution is 6.30. The van der Waals surface area contributed by atoms with Gasteiger partial charge in [-0.3, -0.25) is 4.90 Å². The normalized spacial score (nSPS) is 10.3. The molecule has 0 aliphatic carbocycles. The van der Waals surface area contributed by atoms with Crippen molar-refractivity contribution in [2.45, 2.75) is 19.9 Å². The summed E-state index contributed by atoms with van der Waals surface area (Å²) in [7, 11) is 0. The monoisotopic (exact) mass is 213 g/mol. The van der Waals surface area contributed by atoms with Gasteiger partial charge < -0.3 is 5.11 Å². The molecule has 14 heavy (non-hydrogen) atoms. The van der Waals surface area contributed by atoms with Crippen LogP contribution in [0.3, 0.4) is 0 Å². The molecule has 3 nitrogen and oxygen atoms in total. The Morgan fingerprint density at radius 1 is 1.50 bits per heavy atom. The number of amides is 1. The van der Waals surface area contributed by atoms with Crippen molar-refractivity contribution in [3.05, 3.63) is 29.3 Å². The van der Waals surface area contributed by atoms with Gasteiger partial charge in [0.05, 0.1) is 0 Å². The molecule has 0 radical (unpaired) electrons. The maximum Gasteiger partial charge on any atom is 0.412 e. The number of benzene rings is 1. The van der Waals surface area contributed by atoms with Crippen molar-refractivity contribution >= 4 is 23.4 Å². The van der Waals surface area contributed by atoms with E-state index >= 15 is 0 Å². The molecule has 0 fully saturated rings. The maximum atomic E-state index is 10.9. The Kier molecular flexibility index (Phi) is 3.36. The van der Waals surface area contributed by atoms with Crippen molar-refractivity contribution in [1.82, 2.24) is 0 Å². The minimum Gasteiger partial charge on any atom is -0.465 e. The van der Waals surface area contributed by atoms with E-state index in [1.165, 1.54) is 4.90 Å². The Morgan fingerprint density at radius 3 is 2.57 bits per heavy atom. The Hall–Kier alpha value is -1.22. The molecule has 1 rings (SSSR count). The third-order valence-electron chi connectivity index (χ3n) is 1.81. The molecule has 1 amide bonds. The second-order valence-electron chi connectivity index (χ2n) is 3.23. The summed E-state index contributed by atoms with van der Waals surface area (Å²) < 4.78 is 0. The summed E-state index contributed by atoms with van der Waals surface area (Å²) in [5.74, 6) is 0. The molecular formula is C10H12ClNO2. The first-order valence-corrected chi connectivity index (χ1v) is 4.68. The Bertz CT molecular complexity index is 339. The summed E-state index contributed by atoms with van der Waals surface area (Å²) in [5, 5.41) is 9.51. The molecule has 1 N–H and O–H groups in total.